The topological polar surface area (TPSA) is 83.8 Å². The highest BCUT2D eigenvalue weighted by Gasteiger charge is 2.18. The lowest BCUT2D eigenvalue weighted by molar-refractivity contribution is -0.138. The van der Waals surface area contributed by atoms with Crippen LogP contribution in [0, 0.1) is 0 Å². The van der Waals surface area contributed by atoms with Crippen LogP contribution in [0.5, 0.6) is 11.5 Å². The Kier molecular flexibility index (Phi) is 4.23. The van der Waals surface area contributed by atoms with Crippen molar-refractivity contribution in [2.24, 2.45) is 0 Å². The monoisotopic (exact) mass is 286 g/mol. The van der Waals surface area contributed by atoms with Crippen LogP contribution in [0.15, 0.2) is 48.5 Å². The highest BCUT2D eigenvalue weighted by Crippen LogP contribution is 2.30. The van der Waals surface area contributed by atoms with E-state index in [1.807, 2.05) is 0 Å². The van der Waals surface area contributed by atoms with Gasteiger partial charge in [-0.05, 0) is 25.1 Å². The molecule has 0 amide bonds. The zero-order valence-corrected chi connectivity index (χ0v) is 11.3. The molecular formula is C16H14O5. The fraction of sp³-hybridized carbons (Fsp3) is 0.125. The molecule has 0 saturated heterocycles. The van der Waals surface area contributed by atoms with E-state index in [0.717, 1.165) is 0 Å². The Bertz CT molecular complexity index is 664. The van der Waals surface area contributed by atoms with Gasteiger partial charge in [-0.2, -0.15) is 0 Å². The molecule has 5 nitrogen and oxygen atoms in total. The van der Waals surface area contributed by atoms with Gasteiger partial charge in [-0.1, -0.05) is 24.3 Å². The lowest BCUT2D eigenvalue weighted by Crippen LogP contribution is -2.09. The van der Waals surface area contributed by atoms with Crippen LogP contribution in [-0.2, 0) is 4.79 Å². The summed E-state index contributed by atoms with van der Waals surface area (Å²) in [6, 6.07) is 12.6. The van der Waals surface area contributed by atoms with Crippen molar-refractivity contribution < 1.29 is 24.5 Å². The van der Waals surface area contributed by atoms with E-state index < -0.39 is 17.9 Å². The molecule has 0 aliphatic heterocycles. The maximum absolute atomic E-state index is 11.9. The number of esters is 1. The molecule has 0 saturated carbocycles. The first-order chi connectivity index (χ1) is 9.99. The van der Waals surface area contributed by atoms with Gasteiger partial charge in [0.05, 0.1) is 11.5 Å². The third kappa shape index (κ3) is 3.39. The molecule has 0 spiro atoms. The molecule has 0 heterocycles. The van der Waals surface area contributed by atoms with Gasteiger partial charge in [-0.3, -0.25) is 4.79 Å². The van der Waals surface area contributed by atoms with Gasteiger partial charge in [0.25, 0.3) is 0 Å². The van der Waals surface area contributed by atoms with Gasteiger partial charge in [0, 0.05) is 11.6 Å². The van der Waals surface area contributed by atoms with E-state index in [2.05, 4.69) is 0 Å². The average Bonchev–Trinajstić information content (AvgIpc) is 2.47. The van der Waals surface area contributed by atoms with Crippen molar-refractivity contribution in [1.29, 1.82) is 0 Å². The molecule has 0 aromatic heterocycles. The van der Waals surface area contributed by atoms with Crippen molar-refractivity contribution in [3.05, 3.63) is 59.7 Å². The maximum Gasteiger partial charge on any atom is 0.343 e. The van der Waals surface area contributed by atoms with Gasteiger partial charge >= 0.3 is 11.9 Å². The molecule has 21 heavy (non-hydrogen) atoms. The number of ether oxygens (including phenoxy) is 1. The van der Waals surface area contributed by atoms with Crippen LogP contribution in [0.2, 0.25) is 0 Å². The first-order valence-corrected chi connectivity index (χ1v) is 6.32. The minimum Gasteiger partial charge on any atom is -0.508 e. The minimum absolute atomic E-state index is 0.155. The molecule has 0 aliphatic carbocycles. The van der Waals surface area contributed by atoms with Crippen molar-refractivity contribution >= 4 is 11.9 Å². The fourth-order valence-electron chi connectivity index (χ4n) is 1.83. The zero-order valence-electron chi connectivity index (χ0n) is 11.3. The van der Waals surface area contributed by atoms with E-state index in [-0.39, 0.29) is 17.1 Å². The molecular weight excluding hydrogens is 272 g/mol. The third-order valence-corrected chi connectivity index (χ3v) is 3.06. The highest BCUT2D eigenvalue weighted by atomic mass is 16.5. The Balaban J connectivity index is 2.18. The molecule has 2 N–H and O–H groups in total. The Morgan fingerprint density at radius 3 is 2.33 bits per heavy atom. The number of carbonyl (C=O) groups excluding carboxylic acids is 1. The Morgan fingerprint density at radius 1 is 1.10 bits per heavy atom. The van der Waals surface area contributed by atoms with Gasteiger partial charge in [0.1, 0.15) is 11.5 Å². The van der Waals surface area contributed by atoms with Crippen LogP contribution >= 0.6 is 0 Å². The summed E-state index contributed by atoms with van der Waals surface area (Å²) in [6.07, 6.45) is 0. The normalized spacial score (nSPS) is 11.7. The Morgan fingerprint density at radius 2 is 1.76 bits per heavy atom. The molecule has 0 fully saturated rings. The summed E-state index contributed by atoms with van der Waals surface area (Å²) in [5.41, 5.74) is 0.655. The van der Waals surface area contributed by atoms with Crippen LogP contribution in [-0.4, -0.2) is 22.2 Å². The van der Waals surface area contributed by atoms with E-state index in [9.17, 15) is 14.7 Å². The number of carboxylic acids is 1. The number of phenols is 1. The van der Waals surface area contributed by atoms with Crippen molar-refractivity contribution in [2.75, 3.05) is 0 Å². The number of carboxylic acid groups (broad SMARTS) is 1. The summed E-state index contributed by atoms with van der Waals surface area (Å²) in [7, 11) is 0. The molecule has 0 radical (unpaired) electrons. The smallest absolute Gasteiger partial charge is 0.343 e. The summed E-state index contributed by atoms with van der Waals surface area (Å²) in [4.78, 5) is 22.8. The third-order valence-electron chi connectivity index (χ3n) is 3.06. The number of benzene rings is 2. The van der Waals surface area contributed by atoms with Crippen LogP contribution in [0.25, 0.3) is 0 Å². The number of aliphatic carboxylic acids is 1. The summed E-state index contributed by atoms with van der Waals surface area (Å²) >= 11 is 0. The molecule has 0 aliphatic rings. The van der Waals surface area contributed by atoms with Gasteiger partial charge in [-0.25, -0.2) is 4.79 Å². The average molecular weight is 286 g/mol. The number of hydrogen-bond donors (Lipinski definition) is 2. The lowest BCUT2D eigenvalue weighted by Gasteiger charge is -2.11. The predicted octanol–water partition coefficient (Wildman–Crippen LogP) is 2.80. The Labute approximate surface area is 121 Å². The molecule has 2 aromatic rings. The van der Waals surface area contributed by atoms with E-state index in [0.29, 0.717) is 5.56 Å². The van der Waals surface area contributed by atoms with Gasteiger partial charge in [0.2, 0.25) is 0 Å². The van der Waals surface area contributed by atoms with E-state index in [1.165, 1.54) is 25.1 Å². The van der Waals surface area contributed by atoms with Crippen LogP contribution < -0.4 is 4.74 Å². The standard InChI is InChI=1S/C16H14O5/c1-10(15(18)19)13-8-7-12(9-14(13)17)21-16(20)11-5-3-2-4-6-11/h2-10,17H,1H3,(H,18,19)/t10-/m0/s1. The minimum atomic E-state index is -1.04. The van der Waals surface area contributed by atoms with Gasteiger partial charge in [0.15, 0.2) is 0 Å². The molecule has 0 bridgehead atoms. The molecule has 108 valence electrons. The largest absolute Gasteiger partial charge is 0.508 e. The van der Waals surface area contributed by atoms with Crippen molar-refractivity contribution in [3.63, 3.8) is 0 Å². The molecule has 2 aromatic carbocycles. The second-order valence-corrected chi connectivity index (χ2v) is 4.54. The summed E-state index contributed by atoms with van der Waals surface area (Å²) < 4.78 is 5.13. The maximum atomic E-state index is 11.9. The van der Waals surface area contributed by atoms with Gasteiger partial charge < -0.3 is 14.9 Å². The van der Waals surface area contributed by atoms with Crippen LogP contribution in [0.1, 0.15) is 28.8 Å². The van der Waals surface area contributed by atoms with Crippen molar-refractivity contribution in [2.45, 2.75) is 12.8 Å². The quantitative estimate of drug-likeness (QED) is 0.667. The van der Waals surface area contributed by atoms with Crippen LogP contribution in [0.3, 0.4) is 0 Å². The number of rotatable bonds is 4. The van der Waals surface area contributed by atoms with E-state index in [1.54, 1.807) is 30.3 Å². The molecule has 1 atom stereocenters. The lowest BCUT2D eigenvalue weighted by atomic mass is 10.0. The number of carbonyl (C=O) groups is 2. The first kappa shape index (κ1) is 14.6. The van der Waals surface area contributed by atoms with E-state index >= 15 is 0 Å². The molecule has 5 heteroatoms. The van der Waals surface area contributed by atoms with Crippen molar-refractivity contribution in [3.8, 4) is 11.5 Å². The number of aromatic hydroxyl groups is 1. The van der Waals surface area contributed by atoms with E-state index in [4.69, 9.17) is 9.84 Å². The van der Waals surface area contributed by atoms with Gasteiger partial charge in [-0.15, -0.1) is 0 Å². The second kappa shape index (κ2) is 6.09. The Hall–Kier alpha value is -2.82. The van der Waals surface area contributed by atoms with Crippen molar-refractivity contribution in [1.82, 2.24) is 0 Å². The molecule has 0 unspecified atom stereocenters. The first-order valence-electron chi connectivity index (χ1n) is 6.32. The fourth-order valence-corrected chi connectivity index (χ4v) is 1.83. The number of hydrogen-bond acceptors (Lipinski definition) is 4. The highest BCUT2D eigenvalue weighted by molar-refractivity contribution is 5.91. The summed E-state index contributed by atoms with van der Waals surface area (Å²) in [5, 5.41) is 18.8. The second-order valence-electron chi connectivity index (χ2n) is 4.54. The summed E-state index contributed by atoms with van der Waals surface area (Å²) in [6.45, 7) is 1.47. The molecule has 2 rings (SSSR count). The summed E-state index contributed by atoms with van der Waals surface area (Å²) in [5.74, 6) is -2.50. The predicted molar refractivity (Wildman–Crippen MR) is 75.6 cm³/mol. The SMILES string of the molecule is C[C@H](C(=O)O)c1ccc(OC(=O)c2ccccc2)cc1O. The zero-order chi connectivity index (χ0) is 15.4. The number of phenolic OH excluding ortho intramolecular Hbond substituents is 1. The van der Waals surface area contributed by atoms with Crippen LogP contribution in [0.4, 0.5) is 0 Å².